The summed E-state index contributed by atoms with van der Waals surface area (Å²) in [5.41, 5.74) is 1.16. The summed E-state index contributed by atoms with van der Waals surface area (Å²) in [6.45, 7) is 0. The Morgan fingerprint density at radius 3 is 1.42 bits per heavy atom. The van der Waals surface area contributed by atoms with Crippen molar-refractivity contribution in [2.45, 2.75) is 0 Å². The predicted octanol–water partition coefficient (Wildman–Crippen LogP) is 2.66. The smallest absolute Gasteiger partial charge is 0.328 e. The summed E-state index contributed by atoms with van der Waals surface area (Å²) in [5.74, 6) is -3.20. The van der Waals surface area contributed by atoms with Crippen LogP contribution in [0.15, 0.2) is 48.6 Å². The molecule has 0 saturated heterocycles. The van der Waals surface area contributed by atoms with Gasteiger partial charge in [-0.25, -0.2) is 9.59 Å². The van der Waals surface area contributed by atoms with Crippen LogP contribution in [0.2, 0.25) is 0 Å². The largest absolute Gasteiger partial charge is 0.478 e. The zero-order valence-electron chi connectivity index (χ0n) is 13.3. The number of carboxylic acids is 2. The monoisotopic (exact) mass is 348 g/mol. The first-order valence-electron chi connectivity index (χ1n) is 7.57. The van der Waals surface area contributed by atoms with Crippen molar-refractivity contribution >= 4 is 35.7 Å². The average molecular weight is 348 g/mol. The van der Waals surface area contributed by atoms with Gasteiger partial charge in [-0.05, 0) is 23.3 Å². The highest BCUT2D eigenvalue weighted by Crippen LogP contribution is 2.33. The van der Waals surface area contributed by atoms with E-state index >= 15 is 0 Å². The fourth-order valence-electron chi connectivity index (χ4n) is 2.87. The minimum absolute atomic E-state index is 0.0683. The lowest BCUT2D eigenvalue weighted by molar-refractivity contribution is -0.132. The molecule has 128 valence electrons. The van der Waals surface area contributed by atoms with E-state index in [1.165, 1.54) is 36.4 Å². The van der Waals surface area contributed by atoms with Crippen LogP contribution < -0.4 is 0 Å². The summed E-state index contributed by atoms with van der Waals surface area (Å²) in [4.78, 5) is 47.5. The highest BCUT2D eigenvalue weighted by Gasteiger charge is 2.32. The second kappa shape index (κ2) is 6.60. The number of rotatable bonds is 4. The number of carbonyl (C=O) groups is 4. The number of hydrogen-bond donors (Lipinski definition) is 2. The topological polar surface area (TPSA) is 109 Å². The molecule has 1 aliphatic rings. The molecule has 0 bridgehead atoms. The van der Waals surface area contributed by atoms with Gasteiger partial charge in [-0.15, -0.1) is 0 Å². The standard InChI is InChI=1S/C20H12O6/c21-15(22)9-7-11-5-6-12(8-10-16(23)24)18-17(11)19(25)13-3-1-2-4-14(13)20(18)26/h1-10H,(H,21,22)(H,23,24)/b9-7+,10-8+. The molecule has 0 atom stereocenters. The van der Waals surface area contributed by atoms with E-state index in [-0.39, 0.29) is 33.4 Å². The Bertz CT molecular complexity index is 945. The van der Waals surface area contributed by atoms with Crippen LogP contribution in [-0.2, 0) is 9.59 Å². The van der Waals surface area contributed by atoms with Crippen molar-refractivity contribution in [3.8, 4) is 0 Å². The number of carbonyl (C=O) groups excluding carboxylic acids is 2. The molecule has 0 spiro atoms. The summed E-state index contributed by atoms with van der Waals surface area (Å²) in [5, 5.41) is 17.7. The Hall–Kier alpha value is -3.80. The van der Waals surface area contributed by atoms with Crippen molar-refractivity contribution in [1.29, 1.82) is 0 Å². The summed E-state index contributed by atoms with van der Waals surface area (Å²) < 4.78 is 0. The van der Waals surface area contributed by atoms with Gasteiger partial charge < -0.3 is 10.2 Å². The van der Waals surface area contributed by atoms with Gasteiger partial charge in [-0.3, -0.25) is 9.59 Å². The average Bonchev–Trinajstić information content (AvgIpc) is 2.62. The Balaban J connectivity index is 2.30. The molecular weight excluding hydrogens is 336 g/mol. The van der Waals surface area contributed by atoms with Crippen molar-refractivity contribution < 1.29 is 29.4 Å². The third-order valence-electron chi connectivity index (χ3n) is 3.95. The van der Waals surface area contributed by atoms with E-state index < -0.39 is 23.5 Å². The number of aliphatic carboxylic acids is 2. The van der Waals surface area contributed by atoms with E-state index in [1.54, 1.807) is 12.1 Å². The fraction of sp³-hybridized carbons (Fsp3) is 0. The Labute approximate surface area is 147 Å². The minimum atomic E-state index is -1.19. The van der Waals surface area contributed by atoms with Gasteiger partial charge >= 0.3 is 11.9 Å². The quantitative estimate of drug-likeness (QED) is 0.702. The number of fused-ring (bicyclic) bond motifs is 2. The second-order valence-corrected chi connectivity index (χ2v) is 5.54. The third kappa shape index (κ3) is 2.95. The molecule has 0 fully saturated rings. The van der Waals surface area contributed by atoms with Gasteiger partial charge in [0, 0.05) is 34.4 Å². The normalized spacial score (nSPS) is 13.1. The van der Waals surface area contributed by atoms with E-state index in [2.05, 4.69) is 0 Å². The molecule has 6 heteroatoms. The molecule has 0 unspecified atom stereocenters. The number of carboxylic acid groups (broad SMARTS) is 2. The Kier molecular flexibility index (Phi) is 4.33. The first-order valence-corrected chi connectivity index (χ1v) is 7.57. The molecule has 0 saturated carbocycles. The highest BCUT2D eigenvalue weighted by atomic mass is 16.4. The molecule has 2 aromatic rings. The zero-order valence-corrected chi connectivity index (χ0v) is 13.3. The van der Waals surface area contributed by atoms with Crippen LogP contribution in [0, 0.1) is 0 Å². The van der Waals surface area contributed by atoms with Crippen LogP contribution >= 0.6 is 0 Å². The van der Waals surface area contributed by atoms with Crippen molar-refractivity contribution in [3.63, 3.8) is 0 Å². The van der Waals surface area contributed by atoms with E-state index in [0.717, 1.165) is 12.2 Å². The first kappa shape index (κ1) is 17.0. The lowest BCUT2D eigenvalue weighted by Crippen LogP contribution is -2.23. The summed E-state index contributed by atoms with van der Waals surface area (Å²) in [6.07, 6.45) is 4.23. The van der Waals surface area contributed by atoms with Gasteiger partial charge in [0.1, 0.15) is 0 Å². The van der Waals surface area contributed by atoms with Gasteiger partial charge in [0.05, 0.1) is 0 Å². The summed E-state index contributed by atoms with van der Waals surface area (Å²) in [6, 6.07) is 9.30. The maximum absolute atomic E-state index is 12.9. The van der Waals surface area contributed by atoms with Gasteiger partial charge in [0.2, 0.25) is 0 Å². The number of ketones is 2. The van der Waals surface area contributed by atoms with Crippen LogP contribution in [0.4, 0.5) is 0 Å². The van der Waals surface area contributed by atoms with Gasteiger partial charge in [-0.1, -0.05) is 36.4 Å². The second-order valence-electron chi connectivity index (χ2n) is 5.54. The van der Waals surface area contributed by atoms with E-state index in [9.17, 15) is 19.2 Å². The highest BCUT2D eigenvalue weighted by molar-refractivity contribution is 6.30. The Morgan fingerprint density at radius 1 is 0.692 bits per heavy atom. The van der Waals surface area contributed by atoms with Gasteiger partial charge in [-0.2, -0.15) is 0 Å². The molecule has 6 nitrogen and oxygen atoms in total. The van der Waals surface area contributed by atoms with Crippen LogP contribution in [0.5, 0.6) is 0 Å². The van der Waals surface area contributed by atoms with Crippen molar-refractivity contribution in [3.05, 3.63) is 81.9 Å². The fourth-order valence-corrected chi connectivity index (χ4v) is 2.87. The SMILES string of the molecule is O=C(O)/C=C/c1ccc(/C=C/C(=O)O)c2c1C(=O)c1ccccc1C2=O. The first-order chi connectivity index (χ1) is 12.4. The van der Waals surface area contributed by atoms with E-state index in [4.69, 9.17) is 10.2 Å². The molecule has 1 aliphatic carbocycles. The maximum Gasteiger partial charge on any atom is 0.328 e. The number of hydrogen-bond acceptors (Lipinski definition) is 4. The maximum atomic E-state index is 12.9. The molecule has 26 heavy (non-hydrogen) atoms. The van der Waals surface area contributed by atoms with Crippen molar-refractivity contribution in [1.82, 2.24) is 0 Å². The molecule has 0 amide bonds. The molecule has 2 N–H and O–H groups in total. The molecule has 0 aromatic heterocycles. The van der Waals surface area contributed by atoms with Crippen LogP contribution in [0.25, 0.3) is 12.2 Å². The predicted molar refractivity (Wildman–Crippen MR) is 93.1 cm³/mol. The minimum Gasteiger partial charge on any atom is -0.478 e. The lowest BCUT2D eigenvalue weighted by Gasteiger charge is -2.21. The molecule has 0 aliphatic heterocycles. The molecule has 0 heterocycles. The number of benzene rings is 2. The molecule has 3 rings (SSSR count). The van der Waals surface area contributed by atoms with Gasteiger partial charge in [0.25, 0.3) is 0 Å². The third-order valence-corrected chi connectivity index (χ3v) is 3.95. The van der Waals surface area contributed by atoms with Crippen LogP contribution in [0.1, 0.15) is 43.0 Å². The van der Waals surface area contributed by atoms with E-state index in [1.807, 2.05) is 0 Å². The summed E-state index contributed by atoms with van der Waals surface area (Å²) >= 11 is 0. The Morgan fingerprint density at radius 2 is 1.08 bits per heavy atom. The van der Waals surface area contributed by atoms with Crippen LogP contribution in [0.3, 0.4) is 0 Å². The van der Waals surface area contributed by atoms with Crippen LogP contribution in [-0.4, -0.2) is 33.7 Å². The molecule has 2 aromatic carbocycles. The summed E-state index contributed by atoms with van der Waals surface area (Å²) in [7, 11) is 0. The zero-order chi connectivity index (χ0) is 18.8. The molecule has 0 radical (unpaired) electrons. The lowest BCUT2D eigenvalue weighted by atomic mass is 9.79. The van der Waals surface area contributed by atoms with Crippen molar-refractivity contribution in [2.75, 3.05) is 0 Å². The van der Waals surface area contributed by atoms with E-state index in [0.29, 0.717) is 0 Å². The van der Waals surface area contributed by atoms with Gasteiger partial charge in [0.15, 0.2) is 11.6 Å². The van der Waals surface area contributed by atoms with Crippen molar-refractivity contribution in [2.24, 2.45) is 0 Å². The molecular formula is C20H12O6.